The first-order chi connectivity index (χ1) is 16.6. The average molecular weight is 566 g/mol. The number of oxime groups is 1. The number of nitrogens with two attached hydrogens (primary N) is 1. The summed E-state index contributed by atoms with van der Waals surface area (Å²) in [7, 11) is 0. The summed E-state index contributed by atoms with van der Waals surface area (Å²) in [6.45, 7) is -1.52. The summed E-state index contributed by atoms with van der Waals surface area (Å²) in [6, 6.07) is -0.995. The Morgan fingerprint density at radius 2 is 2.26 bits per heavy atom. The molecule has 2 aromatic heterocycles. The van der Waals surface area contributed by atoms with E-state index < -0.39 is 46.9 Å². The van der Waals surface area contributed by atoms with Crippen molar-refractivity contribution in [2.45, 2.75) is 29.3 Å². The Kier molecular flexibility index (Phi) is 7.43. The molecule has 18 heteroatoms. The molecule has 0 aromatic carbocycles. The number of nitrogens with zero attached hydrogens (tertiary/aromatic N) is 5. The predicted octanol–water partition coefficient (Wildman–Crippen LogP) is 1.09. The van der Waals surface area contributed by atoms with E-state index >= 15 is 0 Å². The van der Waals surface area contributed by atoms with E-state index in [9.17, 15) is 28.3 Å². The lowest BCUT2D eigenvalue weighted by Crippen LogP contribution is -2.74. The molecule has 2 unspecified atom stereocenters. The number of carboxylic acid groups (broad SMARTS) is 1. The Hall–Kier alpha value is -2.57. The van der Waals surface area contributed by atoms with Gasteiger partial charge in [-0.2, -0.15) is 8.78 Å². The molecule has 3 atom stereocenters. The van der Waals surface area contributed by atoms with Crippen LogP contribution >= 0.6 is 46.2 Å². The van der Waals surface area contributed by atoms with E-state index in [0.717, 1.165) is 16.3 Å². The van der Waals surface area contributed by atoms with Crippen LogP contribution in [0.15, 0.2) is 14.9 Å². The number of fused-ring (bicyclic) bond motifs is 1. The third kappa shape index (κ3) is 5.34. The number of carboxylic acids is 1. The van der Waals surface area contributed by atoms with Crippen molar-refractivity contribution in [1.82, 2.24) is 25.4 Å². The molecule has 2 saturated heterocycles. The molecule has 0 saturated carbocycles. The van der Waals surface area contributed by atoms with Crippen LogP contribution in [0.5, 0.6) is 0 Å². The molecule has 2 amide bonds. The molecule has 4 rings (SSSR count). The molecule has 2 fully saturated rings. The summed E-state index contributed by atoms with van der Waals surface area (Å²) in [5.74, 6) is -2.12. The Morgan fingerprint density at radius 1 is 1.49 bits per heavy atom. The quantitative estimate of drug-likeness (QED) is 0.172. The average Bonchev–Trinajstić information content (AvgIpc) is 3.43. The maximum atomic E-state index is 12.8. The fourth-order valence-corrected chi connectivity index (χ4v) is 7.57. The SMILES string of the molecule is Cc1nnc(SCC2(C(=O)O)CS[C@@H]3C(NC(=O)C(=NOC(F)F)c4csc(N)n4)C(=O)N3C2)s1. The highest BCUT2D eigenvalue weighted by Gasteiger charge is 2.57. The van der Waals surface area contributed by atoms with Crippen LogP contribution in [0.3, 0.4) is 0 Å². The summed E-state index contributed by atoms with van der Waals surface area (Å²) >= 11 is 4.79. The topological polar surface area (TPSA) is 173 Å². The second-order valence-corrected chi connectivity index (χ2v) is 11.9. The van der Waals surface area contributed by atoms with Gasteiger partial charge in [0.25, 0.3) is 5.91 Å². The molecular weight excluding hydrogens is 548 g/mol. The number of amides is 2. The highest BCUT2D eigenvalue weighted by atomic mass is 32.2. The van der Waals surface area contributed by atoms with Crippen molar-refractivity contribution in [1.29, 1.82) is 0 Å². The van der Waals surface area contributed by atoms with Crippen LogP contribution in [0, 0.1) is 12.3 Å². The van der Waals surface area contributed by atoms with E-state index in [2.05, 4.69) is 30.5 Å². The molecule has 0 bridgehead atoms. The molecule has 12 nitrogen and oxygen atoms in total. The van der Waals surface area contributed by atoms with E-state index in [4.69, 9.17) is 5.73 Å². The summed E-state index contributed by atoms with van der Waals surface area (Å²) in [6.07, 6.45) is 0. The number of anilines is 1. The second kappa shape index (κ2) is 10.2. The van der Waals surface area contributed by atoms with Crippen molar-refractivity contribution < 1.29 is 33.1 Å². The summed E-state index contributed by atoms with van der Waals surface area (Å²) in [5, 5.41) is 25.1. The zero-order valence-electron chi connectivity index (χ0n) is 17.7. The van der Waals surface area contributed by atoms with Crippen LogP contribution in [-0.2, 0) is 19.2 Å². The molecule has 35 heavy (non-hydrogen) atoms. The monoisotopic (exact) mass is 565 g/mol. The van der Waals surface area contributed by atoms with E-state index in [0.29, 0.717) is 4.34 Å². The van der Waals surface area contributed by atoms with E-state index in [1.807, 2.05) is 0 Å². The Balaban J connectivity index is 1.43. The molecule has 0 aliphatic carbocycles. The van der Waals surface area contributed by atoms with Crippen LogP contribution < -0.4 is 11.1 Å². The van der Waals surface area contributed by atoms with Gasteiger partial charge in [-0.15, -0.1) is 33.3 Å². The third-order valence-corrected chi connectivity index (χ3v) is 9.59. The fraction of sp³-hybridized carbons (Fsp3) is 0.471. The Labute approximate surface area is 212 Å². The van der Waals surface area contributed by atoms with Crippen LogP contribution in [-0.4, -0.2) is 84.8 Å². The number of β-lactam (4-membered cyclic amide) rings is 1. The number of nitrogens with one attached hydrogen (secondary N) is 1. The van der Waals surface area contributed by atoms with Gasteiger partial charge in [0.2, 0.25) is 5.91 Å². The van der Waals surface area contributed by atoms with Gasteiger partial charge in [0.15, 0.2) is 15.2 Å². The number of hydrogen-bond donors (Lipinski definition) is 3. The maximum absolute atomic E-state index is 12.8. The number of nitrogen functional groups attached to an aromatic ring is 1. The molecule has 2 aliphatic rings. The zero-order chi connectivity index (χ0) is 25.3. The minimum Gasteiger partial charge on any atom is -0.481 e. The number of thioether (sulfide) groups is 2. The molecule has 4 heterocycles. The first-order valence-corrected chi connectivity index (χ1v) is 13.5. The van der Waals surface area contributed by atoms with Crippen LogP contribution in [0.1, 0.15) is 10.7 Å². The molecule has 2 aliphatic heterocycles. The van der Waals surface area contributed by atoms with Crippen molar-refractivity contribution in [3.8, 4) is 0 Å². The van der Waals surface area contributed by atoms with Gasteiger partial charge in [0.05, 0.1) is 0 Å². The van der Waals surface area contributed by atoms with Crippen molar-refractivity contribution >= 4 is 74.8 Å². The fourth-order valence-electron chi connectivity index (χ4n) is 3.35. The highest BCUT2D eigenvalue weighted by molar-refractivity contribution is 8.01. The normalized spacial score (nSPS) is 24.2. The lowest BCUT2D eigenvalue weighted by atomic mass is 9.89. The number of aromatic nitrogens is 3. The molecule has 188 valence electrons. The first kappa shape index (κ1) is 25.5. The summed E-state index contributed by atoms with van der Waals surface area (Å²) < 4.78 is 25.6. The molecule has 2 aromatic rings. The number of aliphatic carboxylic acids is 1. The molecular formula is C17H17F2N7O5S4. The number of hydrogen-bond acceptors (Lipinski definition) is 13. The smallest absolute Gasteiger partial charge is 0.407 e. The molecule has 0 spiro atoms. The number of carbonyl (C=O) groups is 3. The summed E-state index contributed by atoms with van der Waals surface area (Å²) in [5.41, 5.74) is 3.68. The lowest BCUT2D eigenvalue weighted by Gasteiger charge is -2.53. The zero-order valence-corrected chi connectivity index (χ0v) is 21.0. The second-order valence-electron chi connectivity index (χ2n) is 7.46. The number of halogens is 2. The van der Waals surface area contributed by atoms with Gasteiger partial charge in [-0.25, -0.2) is 4.98 Å². The van der Waals surface area contributed by atoms with E-state index in [1.54, 1.807) is 6.92 Å². The van der Waals surface area contributed by atoms with Gasteiger partial charge in [0.1, 0.15) is 27.5 Å². The number of carbonyl (C=O) groups excluding carboxylic acids is 2. The van der Waals surface area contributed by atoms with Crippen molar-refractivity contribution in [2.24, 2.45) is 10.6 Å². The van der Waals surface area contributed by atoms with Gasteiger partial charge in [0, 0.05) is 23.4 Å². The number of rotatable bonds is 9. The third-order valence-electron chi connectivity index (χ3n) is 5.07. The Morgan fingerprint density at radius 3 is 2.86 bits per heavy atom. The largest absolute Gasteiger partial charge is 0.481 e. The number of alkyl halides is 2. The number of aryl methyl sites for hydroxylation is 1. The molecule has 0 radical (unpaired) electrons. The van der Waals surface area contributed by atoms with Crippen molar-refractivity contribution in [2.75, 3.05) is 23.8 Å². The van der Waals surface area contributed by atoms with Gasteiger partial charge in [-0.3, -0.25) is 14.4 Å². The van der Waals surface area contributed by atoms with Crippen LogP contribution in [0.2, 0.25) is 0 Å². The van der Waals surface area contributed by atoms with E-state index in [-0.39, 0.29) is 28.9 Å². The van der Waals surface area contributed by atoms with Crippen molar-refractivity contribution in [3.63, 3.8) is 0 Å². The van der Waals surface area contributed by atoms with Gasteiger partial charge >= 0.3 is 12.6 Å². The van der Waals surface area contributed by atoms with Crippen LogP contribution in [0.25, 0.3) is 0 Å². The van der Waals surface area contributed by atoms with Crippen LogP contribution in [0.4, 0.5) is 13.9 Å². The Bertz CT molecular complexity index is 1180. The minimum atomic E-state index is -3.27. The van der Waals surface area contributed by atoms with Gasteiger partial charge in [-0.1, -0.05) is 28.3 Å². The minimum absolute atomic E-state index is 0.0476. The molecule has 4 N–H and O–H groups in total. The van der Waals surface area contributed by atoms with Gasteiger partial charge in [-0.05, 0) is 6.92 Å². The lowest BCUT2D eigenvalue weighted by molar-refractivity contribution is -0.157. The first-order valence-electron chi connectivity index (χ1n) is 9.72. The van der Waals surface area contributed by atoms with E-state index in [1.165, 1.54) is 45.1 Å². The maximum Gasteiger partial charge on any atom is 0.407 e. The van der Waals surface area contributed by atoms with Crippen molar-refractivity contribution in [3.05, 3.63) is 16.1 Å². The summed E-state index contributed by atoms with van der Waals surface area (Å²) in [4.78, 5) is 46.8. The standard InChI is InChI=1S/C17H17F2N7O5S4/c1-6-23-24-16(35-6)34-5-17(13(29)30)3-26-11(28)9(12(26)33-4-17)22-10(27)8(25-31-14(18)19)7-2-32-15(20)21-7/h2,9,12,14H,3-5H2,1H3,(H2,20,21)(H,22,27)(H,29,30)/t9?,12-,17?/m1/s1. The van der Waals surface area contributed by atoms with Gasteiger partial charge < -0.3 is 25.9 Å². The highest BCUT2D eigenvalue weighted by Crippen LogP contribution is 2.44. The predicted molar refractivity (Wildman–Crippen MR) is 125 cm³/mol. The number of thiazole rings is 1.